The van der Waals surface area contributed by atoms with E-state index in [0.717, 1.165) is 4.44 Å². The molecule has 0 spiro atoms. The van der Waals surface area contributed by atoms with Crippen molar-refractivity contribution in [1.29, 1.82) is 0 Å². The normalized spacial score (nSPS) is 9.43. The van der Waals surface area contributed by atoms with Crippen molar-refractivity contribution in [1.82, 2.24) is 4.90 Å². The van der Waals surface area contributed by atoms with Gasteiger partial charge in [-0.2, -0.15) is 0 Å². The summed E-state index contributed by atoms with van der Waals surface area (Å²) in [4.78, 5) is 15.6. The molecule has 0 atom stereocenters. The summed E-state index contributed by atoms with van der Waals surface area (Å²) in [5, 5.41) is 0. The Balaban J connectivity index is 2.72. The van der Waals surface area contributed by atoms with Gasteiger partial charge >= 0.3 is 90.0 Å². The molecule has 0 aliphatic carbocycles. The first-order valence-corrected chi connectivity index (χ1v) is 6.18. The van der Waals surface area contributed by atoms with Gasteiger partial charge in [-0.3, -0.25) is 0 Å². The quantitative estimate of drug-likeness (QED) is 0.577. The zero-order valence-corrected chi connectivity index (χ0v) is 9.69. The van der Waals surface area contributed by atoms with Gasteiger partial charge in [0.25, 0.3) is 0 Å². The second kappa shape index (κ2) is 5.63. The zero-order chi connectivity index (χ0) is 10.4. The Kier molecular flexibility index (Phi) is 4.44. The fourth-order valence-corrected chi connectivity index (χ4v) is 2.56. The van der Waals surface area contributed by atoms with Crippen LogP contribution in [0.4, 0.5) is 0 Å². The van der Waals surface area contributed by atoms with Crippen molar-refractivity contribution < 1.29 is 4.79 Å². The first kappa shape index (κ1) is 11.0. The molecule has 1 aromatic rings. The molecule has 14 heavy (non-hydrogen) atoms. The average Bonchev–Trinajstić information content (AvgIpc) is 2.69. The number of rotatable bonds is 5. The first-order chi connectivity index (χ1) is 6.79. The van der Waals surface area contributed by atoms with E-state index in [1.807, 2.05) is 17.1 Å². The van der Waals surface area contributed by atoms with Gasteiger partial charge in [-0.25, -0.2) is 0 Å². The Hall–Kier alpha value is -1.05. The van der Waals surface area contributed by atoms with E-state index in [0.29, 0.717) is 13.1 Å². The van der Waals surface area contributed by atoms with Crippen LogP contribution in [0.2, 0.25) is 0 Å². The van der Waals surface area contributed by atoms with Crippen LogP contribution in [-0.2, 0) is 0 Å². The van der Waals surface area contributed by atoms with Crippen LogP contribution >= 0.6 is 0 Å². The van der Waals surface area contributed by atoms with E-state index in [4.69, 9.17) is 0 Å². The molecule has 0 aromatic carbocycles. The Bertz CT molecular complexity index is 306. The van der Waals surface area contributed by atoms with Gasteiger partial charge in [0.1, 0.15) is 0 Å². The third kappa shape index (κ3) is 2.72. The number of hydrogen-bond acceptors (Lipinski definition) is 1. The van der Waals surface area contributed by atoms with Crippen molar-refractivity contribution in [3.05, 3.63) is 46.8 Å². The second-order valence-electron chi connectivity index (χ2n) is 2.76. The molecule has 74 valence electrons. The molecule has 0 saturated heterocycles. The first-order valence-electron chi connectivity index (χ1n) is 4.34. The second-order valence-corrected chi connectivity index (χ2v) is 4.75. The summed E-state index contributed by atoms with van der Waals surface area (Å²) in [6.45, 7) is 8.43. The molecule has 0 bridgehead atoms. The number of nitrogens with zero attached hydrogens (tertiary/aromatic N) is 1. The number of hydrogen-bond donors (Lipinski definition) is 0. The molecular weight excluding hydrogens is 241 g/mol. The molecule has 0 unspecified atom stereocenters. The maximum atomic E-state index is 11.9. The molecular formula is C11H13NOSe. The summed E-state index contributed by atoms with van der Waals surface area (Å²) < 4.78 is 0.904. The zero-order valence-electron chi connectivity index (χ0n) is 7.98. The van der Waals surface area contributed by atoms with Crippen molar-refractivity contribution in [3.8, 4) is 0 Å². The molecule has 0 aliphatic rings. The fourth-order valence-electron chi connectivity index (χ4n) is 1.11. The van der Waals surface area contributed by atoms with E-state index in [9.17, 15) is 4.79 Å². The van der Waals surface area contributed by atoms with Crippen LogP contribution in [0, 0.1) is 0 Å². The predicted octanol–water partition coefficient (Wildman–Crippen LogP) is 1.56. The molecule has 1 rings (SSSR count). The van der Waals surface area contributed by atoms with E-state index in [-0.39, 0.29) is 20.4 Å². The Morgan fingerprint density at radius 2 is 2.07 bits per heavy atom. The molecule has 1 amide bonds. The van der Waals surface area contributed by atoms with E-state index in [2.05, 4.69) is 13.2 Å². The summed E-state index contributed by atoms with van der Waals surface area (Å²) in [5.74, 6) is 0.106. The van der Waals surface area contributed by atoms with Gasteiger partial charge in [0.2, 0.25) is 0 Å². The van der Waals surface area contributed by atoms with Crippen LogP contribution in [0.5, 0.6) is 0 Å². The van der Waals surface area contributed by atoms with Gasteiger partial charge < -0.3 is 0 Å². The van der Waals surface area contributed by atoms with Crippen molar-refractivity contribution in [2.45, 2.75) is 0 Å². The number of amides is 1. The van der Waals surface area contributed by atoms with Gasteiger partial charge in [0.15, 0.2) is 0 Å². The van der Waals surface area contributed by atoms with Crippen LogP contribution in [0.25, 0.3) is 0 Å². The monoisotopic (exact) mass is 255 g/mol. The van der Waals surface area contributed by atoms with E-state index in [1.54, 1.807) is 17.1 Å². The Labute approximate surface area is 90.3 Å². The molecule has 1 aromatic heterocycles. The number of carbonyl (C=O) groups excluding carboxylic acids is 1. The van der Waals surface area contributed by atoms with Crippen molar-refractivity contribution in [2.75, 3.05) is 13.1 Å². The summed E-state index contributed by atoms with van der Waals surface area (Å²) in [6, 6.07) is 3.83. The van der Waals surface area contributed by atoms with Crippen LogP contribution in [0.3, 0.4) is 0 Å². The molecule has 0 aliphatic heterocycles. The van der Waals surface area contributed by atoms with E-state index in [1.165, 1.54) is 0 Å². The van der Waals surface area contributed by atoms with Crippen molar-refractivity contribution in [3.63, 3.8) is 0 Å². The van der Waals surface area contributed by atoms with Crippen LogP contribution in [0.1, 0.15) is 9.23 Å². The molecule has 0 saturated carbocycles. The van der Waals surface area contributed by atoms with Gasteiger partial charge in [0, 0.05) is 0 Å². The summed E-state index contributed by atoms with van der Waals surface area (Å²) in [5.41, 5.74) is 0. The van der Waals surface area contributed by atoms with Crippen molar-refractivity contribution >= 4 is 20.4 Å². The van der Waals surface area contributed by atoms with Crippen LogP contribution < -0.4 is 0 Å². The Morgan fingerprint density at radius 1 is 1.43 bits per heavy atom. The minimum atomic E-state index is 0.106. The third-order valence-electron chi connectivity index (χ3n) is 1.72. The third-order valence-corrected chi connectivity index (χ3v) is 3.52. The van der Waals surface area contributed by atoms with Gasteiger partial charge in [-0.15, -0.1) is 0 Å². The topological polar surface area (TPSA) is 20.3 Å². The summed E-state index contributed by atoms with van der Waals surface area (Å²) in [6.07, 6.45) is 3.47. The average molecular weight is 254 g/mol. The molecule has 3 heteroatoms. The predicted molar refractivity (Wildman–Crippen MR) is 59.7 cm³/mol. The maximum absolute atomic E-state index is 11.9. The molecule has 0 fully saturated rings. The minimum absolute atomic E-state index is 0.106. The standard InChI is InChI=1S/C11H13NOSe/c1-3-7-12(8-4-2)11(13)10-6-5-9-14-10/h3-6,9H,1-2,7-8H2. The summed E-state index contributed by atoms with van der Waals surface area (Å²) in [7, 11) is 0. The van der Waals surface area contributed by atoms with E-state index < -0.39 is 0 Å². The molecule has 2 nitrogen and oxygen atoms in total. The fraction of sp³-hybridized carbons (Fsp3) is 0.182. The SMILES string of the molecule is C=CCN(CC=C)C(=O)c1ccc[se]1. The number of carbonyl (C=O) groups is 1. The Morgan fingerprint density at radius 3 is 2.50 bits per heavy atom. The molecule has 0 radical (unpaired) electrons. The van der Waals surface area contributed by atoms with Gasteiger partial charge in [-0.05, 0) is 0 Å². The van der Waals surface area contributed by atoms with E-state index >= 15 is 0 Å². The summed E-state index contributed by atoms with van der Waals surface area (Å²) >= 11 is 0.206. The molecule has 1 heterocycles. The van der Waals surface area contributed by atoms with Crippen molar-refractivity contribution in [2.24, 2.45) is 0 Å². The van der Waals surface area contributed by atoms with Crippen LogP contribution in [-0.4, -0.2) is 38.4 Å². The van der Waals surface area contributed by atoms with Gasteiger partial charge in [0.05, 0.1) is 0 Å². The van der Waals surface area contributed by atoms with Gasteiger partial charge in [-0.1, -0.05) is 0 Å². The van der Waals surface area contributed by atoms with Crippen LogP contribution in [0.15, 0.2) is 42.4 Å². The molecule has 0 N–H and O–H groups in total.